The molecule has 0 fully saturated rings. The van der Waals surface area contributed by atoms with Crippen LogP contribution in [-0.4, -0.2) is 12.0 Å². The van der Waals surface area contributed by atoms with Gasteiger partial charge in [0.1, 0.15) is 5.82 Å². The number of halogens is 2. The third-order valence-corrected chi connectivity index (χ3v) is 3.11. The van der Waals surface area contributed by atoms with Crippen molar-refractivity contribution in [2.75, 3.05) is 11.9 Å². The van der Waals surface area contributed by atoms with Crippen molar-refractivity contribution in [3.05, 3.63) is 53.6 Å². The zero-order chi connectivity index (χ0) is 13.1. The summed E-state index contributed by atoms with van der Waals surface area (Å²) >= 11 is 5.91. The summed E-state index contributed by atoms with van der Waals surface area (Å²) in [5.41, 5.74) is 3.78. The van der Waals surface area contributed by atoms with Crippen LogP contribution < -0.4 is 4.90 Å². The summed E-state index contributed by atoms with van der Waals surface area (Å²) < 4.78 is 12.9. The van der Waals surface area contributed by atoms with Crippen LogP contribution in [0.3, 0.4) is 0 Å². The number of pyridine rings is 1. The average molecular weight is 265 g/mol. The lowest BCUT2D eigenvalue weighted by atomic mass is 10.2. The lowest BCUT2D eigenvalue weighted by Crippen LogP contribution is -2.12. The number of hydrogen-bond acceptors (Lipinski definition) is 2. The number of rotatable bonds is 3. The molecule has 1 heterocycles. The third kappa shape index (κ3) is 2.62. The van der Waals surface area contributed by atoms with Crippen molar-refractivity contribution in [3.8, 4) is 0 Å². The van der Waals surface area contributed by atoms with Crippen LogP contribution in [-0.2, 0) is 5.88 Å². The molecular formula is C14H14ClFN2. The van der Waals surface area contributed by atoms with Crippen LogP contribution in [0.25, 0.3) is 0 Å². The van der Waals surface area contributed by atoms with Crippen LogP contribution in [0.2, 0.25) is 0 Å². The van der Waals surface area contributed by atoms with E-state index >= 15 is 0 Å². The standard InChI is InChI=1S/C14H14ClFN2/c1-10-7-14(11(8-15)9-17-10)18(2)13-5-3-12(16)4-6-13/h3-7,9H,8H2,1-2H3. The Kier molecular flexibility index (Phi) is 3.82. The van der Waals surface area contributed by atoms with Gasteiger partial charge in [-0.25, -0.2) is 4.39 Å². The molecule has 4 heteroatoms. The van der Waals surface area contributed by atoms with Crippen molar-refractivity contribution in [1.82, 2.24) is 4.98 Å². The number of aryl methyl sites for hydroxylation is 1. The molecule has 0 saturated heterocycles. The summed E-state index contributed by atoms with van der Waals surface area (Å²) in [5.74, 6) is 0.157. The Morgan fingerprint density at radius 2 is 1.94 bits per heavy atom. The van der Waals surface area contributed by atoms with Crippen molar-refractivity contribution >= 4 is 23.0 Å². The lowest BCUT2D eigenvalue weighted by Gasteiger charge is -2.22. The molecule has 94 valence electrons. The van der Waals surface area contributed by atoms with E-state index in [0.717, 1.165) is 22.6 Å². The minimum atomic E-state index is -0.240. The molecule has 1 aromatic carbocycles. The summed E-state index contributed by atoms with van der Waals surface area (Å²) in [7, 11) is 1.93. The van der Waals surface area contributed by atoms with Gasteiger partial charge in [-0.05, 0) is 37.3 Å². The summed E-state index contributed by atoms with van der Waals surface area (Å²) in [4.78, 5) is 6.21. The SMILES string of the molecule is Cc1cc(N(C)c2ccc(F)cc2)c(CCl)cn1. The van der Waals surface area contributed by atoms with Gasteiger partial charge in [-0.1, -0.05) is 0 Å². The molecule has 2 nitrogen and oxygen atoms in total. The number of nitrogens with zero attached hydrogens (tertiary/aromatic N) is 2. The molecule has 18 heavy (non-hydrogen) atoms. The minimum Gasteiger partial charge on any atom is -0.344 e. The summed E-state index contributed by atoms with van der Waals surface area (Å²) in [6.45, 7) is 1.93. The van der Waals surface area contributed by atoms with E-state index in [2.05, 4.69) is 4.98 Å². The van der Waals surface area contributed by atoms with Gasteiger partial charge in [-0.2, -0.15) is 0 Å². The maximum absolute atomic E-state index is 12.9. The summed E-state index contributed by atoms with van der Waals surface area (Å²) in [5, 5.41) is 0. The lowest BCUT2D eigenvalue weighted by molar-refractivity contribution is 0.628. The normalized spacial score (nSPS) is 10.4. The first kappa shape index (κ1) is 12.8. The van der Waals surface area contributed by atoms with E-state index in [-0.39, 0.29) is 5.82 Å². The molecule has 0 N–H and O–H groups in total. The molecule has 0 saturated carbocycles. The molecule has 0 radical (unpaired) electrons. The Morgan fingerprint density at radius 1 is 1.28 bits per heavy atom. The summed E-state index contributed by atoms with van der Waals surface area (Å²) in [6, 6.07) is 8.34. The van der Waals surface area contributed by atoms with Gasteiger partial charge in [0.25, 0.3) is 0 Å². The molecule has 0 aliphatic rings. The number of anilines is 2. The molecule has 2 aromatic rings. The van der Waals surface area contributed by atoms with E-state index in [1.54, 1.807) is 18.3 Å². The van der Waals surface area contributed by atoms with Crippen LogP contribution in [0.4, 0.5) is 15.8 Å². The zero-order valence-corrected chi connectivity index (χ0v) is 11.1. The maximum atomic E-state index is 12.9. The van der Waals surface area contributed by atoms with Gasteiger partial charge in [0.2, 0.25) is 0 Å². The van der Waals surface area contributed by atoms with Crippen molar-refractivity contribution in [1.29, 1.82) is 0 Å². The average Bonchev–Trinajstić information content (AvgIpc) is 2.39. The molecule has 0 unspecified atom stereocenters. The van der Waals surface area contributed by atoms with E-state index in [9.17, 15) is 4.39 Å². The van der Waals surface area contributed by atoms with Gasteiger partial charge < -0.3 is 4.90 Å². The Morgan fingerprint density at radius 3 is 2.56 bits per heavy atom. The predicted molar refractivity (Wildman–Crippen MR) is 73.0 cm³/mol. The topological polar surface area (TPSA) is 16.1 Å². The Hall–Kier alpha value is -1.61. The monoisotopic (exact) mass is 264 g/mol. The Labute approximate surface area is 111 Å². The van der Waals surface area contributed by atoms with E-state index in [1.165, 1.54) is 12.1 Å². The van der Waals surface area contributed by atoms with Crippen molar-refractivity contribution < 1.29 is 4.39 Å². The highest BCUT2D eigenvalue weighted by molar-refractivity contribution is 6.17. The van der Waals surface area contributed by atoms with Crippen molar-refractivity contribution in [2.45, 2.75) is 12.8 Å². The first-order chi connectivity index (χ1) is 8.61. The molecule has 0 aliphatic carbocycles. The number of alkyl halides is 1. The second-order valence-electron chi connectivity index (χ2n) is 4.12. The minimum absolute atomic E-state index is 0.240. The third-order valence-electron chi connectivity index (χ3n) is 2.82. The fourth-order valence-electron chi connectivity index (χ4n) is 1.79. The highest BCUT2D eigenvalue weighted by atomic mass is 35.5. The molecule has 0 bridgehead atoms. The second kappa shape index (κ2) is 5.36. The van der Waals surface area contributed by atoms with Crippen LogP contribution in [0, 0.1) is 12.7 Å². The van der Waals surface area contributed by atoms with Gasteiger partial charge in [-0.3, -0.25) is 4.98 Å². The van der Waals surface area contributed by atoms with Gasteiger partial charge in [0.15, 0.2) is 0 Å². The van der Waals surface area contributed by atoms with Crippen LogP contribution in [0.5, 0.6) is 0 Å². The van der Waals surface area contributed by atoms with E-state index < -0.39 is 0 Å². The fourth-order valence-corrected chi connectivity index (χ4v) is 2.00. The van der Waals surface area contributed by atoms with Crippen molar-refractivity contribution in [3.63, 3.8) is 0 Å². The van der Waals surface area contributed by atoms with Crippen LogP contribution in [0.15, 0.2) is 36.5 Å². The van der Waals surface area contributed by atoms with E-state index in [0.29, 0.717) is 5.88 Å². The van der Waals surface area contributed by atoms with Crippen molar-refractivity contribution in [2.24, 2.45) is 0 Å². The molecule has 0 atom stereocenters. The van der Waals surface area contributed by atoms with Crippen LogP contribution >= 0.6 is 11.6 Å². The zero-order valence-electron chi connectivity index (χ0n) is 10.3. The number of hydrogen-bond donors (Lipinski definition) is 0. The quantitative estimate of drug-likeness (QED) is 0.778. The van der Waals surface area contributed by atoms with Crippen LogP contribution in [0.1, 0.15) is 11.3 Å². The van der Waals surface area contributed by atoms with Gasteiger partial charge in [-0.15, -0.1) is 11.6 Å². The van der Waals surface area contributed by atoms with E-state index in [1.807, 2.05) is 24.9 Å². The summed E-state index contributed by atoms with van der Waals surface area (Å²) in [6.07, 6.45) is 1.78. The smallest absolute Gasteiger partial charge is 0.123 e. The highest BCUT2D eigenvalue weighted by Crippen LogP contribution is 2.28. The van der Waals surface area contributed by atoms with Gasteiger partial charge >= 0.3 is 0 Å². The highest BCUT2D eigenvalue weighted by Gasteiger charge is 2.09. The van der Waals surface area contributed by atoms with Gasteiger partial charge in [0.05, 0.1) is 5.88 Å². The molecule has 0 amide bonds. The second-order valence-corrected chi connectivity index (χ2v) is 4.39. The Balaban J connectivity index is 2.41. The first-order valence-corrected chi connectivity index (χ1v) is 6.16. The first-order valence-electron chi connectivity index (χ1n) is 5.62. The fraction of sp³-hybridized carbons (Fsp3) is 0.214. The predicted octanol–water partition coefficient (Wildman–Crippen LogP) is 4.04. The van der Waals surface area contributed by atoms with E-state index in [4.69, 9.17) is 11.6 Å². The molecule has 1 aromatic heterocycles. The van der Waals surface area contributed by atoms with Gasteiger partial charge in [0, 0.05) is 35.9 Å². The molecule has 0 spiro atoms. The molecule has 0 aliphatic heterocycles. The maximum Gasteiger partial charge on any atom is 0.123 e. The number of aromatic nitrogens is 1. The molecule has 2 rings (SSSR count). The Bertz CT molecular complexity index is 540. The number of benzene rings is 1. The molecular weight excluding hydrogens is 251 g/mol. The largest absolute Gasteiger partial charge is 0.344 e.